The molecular formula is C33H66O2S. The van der Waals surface area contributed by atoms with Crippen LogP contribution in [-0.2, 0) is 4.79 Å². The molecule has 0 aromatic heterocycles. The first-order chi connectivity index (χ1) is 17.6. The third kappa shape index (κ3) is 24.2. The Morgan fingerprint density at radius 3 is 1.08 bits per heavy atom. The quantitative estimate of drug-likeness (QED) is 0.0945. The highest BCUT2D eigenvalue weighted by Crippen LogP contribution is 2.32. The van der Waals surface area contributed by atoms with Gasteiger partial charge in [0.25, 0.3) is 0 Å². The normalized spacial score (nSPS) is 13.2. The lowest BCUT2D eigenvalue weighted by atomic mass is 10.0. The number of hydrogen-bond acceptors (Lipinski definition) is 2. The SMILES string of the molecule is CCCCCCCCCCCCCCCCCCC(C)(SCCCCCCCCCCCC)C(=O)O. The number of aliphatic carboxylic acids is 1. The van der Waals surface area contributed by atoms with E-state index in [1.807, 2.05) is 6.92 Å². The zero-order valence-electron chi connectivity index (χ0n) is 25.1. The molecule has 0 aliphatic heterocycles. The standard InChI is InChI=1S/C33H66O2S/c1-4-6-8-10-12-14-16-17-18-19-20-21-22-24-26-28-30-33(3,32(34)35)36-31-29-27-25-23-15-13-11-9-7-5-2/h4-31H2,1-3H3,(H,34,35). The molecule has 1 atom stereocenters. The monoisotopic (exact) mass is 526 g/mol. The van der Waals surface area contributed by atoms with E-state index in [0.717, 1.165) is 18.6 Å². The maximum Gasteiger partial charge on any atom is 0.319 e. The first kappa shape index (κ1) is 35.8. The minimum atomic E-state index is -0.611. The molecule has 1 unspecified atom stereocenters. The number of carboxylic acid groups (broad SMARTS) is 1. The summed E-state index contributed by atoms with van der Waals surface area (Å²) in [7, 11) is 0. The van der Waals surface area contributed by atoms with Crippen molar-refractivity contribution in [2.45, 2.75) is 199 Å². The van der Waals surface area contributed by atoms with Gasteiger partial charge in [0, 0.05) is 0 Å². The van der Waals surface area contributed by atoms with Gasteiger partial charge in [-0.15, -0.1) is 11.8 Å². The largest absolute Gasteiger partial charge is 0.480 e. The van der Waals surface area contributed by atoms with Crippen molar-refractivity contribution >= 4 is 17.7 Å². The number of carboxylic acids is 1. The molecule has 0 aliphatic rings. The summed E-state index contributed by atoms with van der Waals surface area (Å²) in [6.45, 7) is 6.52. The lowest BCUT2D eigenvalue weighted by Crippen LogP contribution is -2.31. The molecule has 0 spiro atoms. The lowest BCUT2D eigenvalue weighted by molar-refractivity contribution is -0.139. The molecule has 36 heavy (non-hydrogen) atoms. The van der Waals surface area contributed by atoms with Crippen LogP contribution in [-0.4, -0.2) is 21.6 Å². The van der Waals surface area contributed by atoms with Gasteiger partial charge < -0.3 is 5.11 Å². The van der Waals surface area contributed by atoms with Crippen LogP contribution in [0.2, 0.25) is 0 Å². The molecule has 0 amide bonds. The van der Waals surface area contributed by atoms with Crippen molar-refractivity contribution in [2.75, 3.05) is 5.75 Å². The van der Waals surface area contributed by atoms with E-state index in [2.05, 4.69) is 13.8 Å². The van der Waals surface area contributed by atoms with Crippen LogP contribution in [0.4, 0.5) is 0 Å². The van der Waals surface area contributed by atoms with Gasteiger partial charge >= 0.3 is 5.97 Å². The Hall–Kier alpha value is -0.180. The van der Waals surface area contributed by atoms with E-state index in [1.165, 1.54) is 161 Å². The molecule has 2 nitrogen and oxygen atoms in total. The molecule has 0 aliphatic carbocycles. The molecule has 0 saturated carbocycles. The minimum Gasteiger partial charge on any atom is -0.480 e. The second kappa shape index (κ2) is 27.8. The third-order valence-corrected chi connectivity index (χ3v) is 9.39. The van der Waals surface area contributed by atoms with Crippen molar-refractivity contribution in [3.63, 3.8) is 0 Å². The summed E-state index contributed by atoms with van der Waals surface area (Å²) in [6, 6.07) is 0. The summed E-state index contributed by atoms with van der Waals surface area (Å²) in [4.78, 5) is 11.9. The zero-order chi connectivity index (χ0) is 26.6. The number of unbranched alkanes of at least 4 members (excludes halogenated alkanes) is 24. The average Bonchev–Trinajstić information content (AvgIpc) is 2.87. The lowest BCUT2D eigenvalue weighted by Gasteiger charge is -2.24. The van der Waals surface area contributed by atoms with Crippen LogP contribution in [0.3, 0.4) is 0 Å². The smallest absolute Gasteiger partial charge is 0.319 e. The highest BCUT2D eigenvalue weighted by molar-refractivity contribution is 8.01. The van der Waals surface area contributed by atoms with Crippen molar-refractivity contribution in [2.24, 2.45) is 0 Å². The van der Waals surface area contributed by atoms with E-state index < -0.39 is 10.7 Å². The van der Waals surface area contributed by atoms with E-state index in [1.54, 1.807) is 11.8 Å². The first-order valence-corrected chi connectivity index (χ1v) is 17.4. The van der Waals surface area contributed by atoms with E-state index >= 15 is 0 Å². The summed E-state index contributed by atoms with van der Waals surface area (Å²) in [5.41, 5.74) is 0. The Kier molecular flexibility index (Phi) is 27.7. The van der Waals surface area contributed by atoms with Crippen molar-refractivity contribution in [1.82, 2.24) is 0 Å². The van der Waals surface area contributed by atoms with E-state index in [4.69, 9.17) is 0 Å². The van der Waals surface area contributed by atoms with Crippen molar-refractivity contribution in [3.05, 3.63) is 0 Å². The molecule has 0 fully saturated rings. The van der Waals surface area contributed by atoms with E-state index in [-0.39, 0.29) is 0 Å². The summed E-state index contributed by atoms with van der Waals surface area (Å²) in [5.74, 6) is 0.388. The molecule has 0 saturated heterocycles. The fourth-order valence-electron chi connectivity index (χ4n) is 5.14. The number of thioether (sulfide) groups is 1. The highest BCUT2D eigenvalue weighted by atomic mass is 32.2. The Labute approximate surface area is 231 Å². The van der Waals surface area contributed by atoms with Gasteiger partial charge in [-0.1, -0.05) is 174 Å². The van der Waals surface area contributed by atoms with Crippen LogP contribution in [0.15, 0.2) is 0 Å². The topological polar surface area (TPSA) is 37.3 Å². The predicted molar refractivity (Wildman–Crippen MR) is 165 cm³/mol. The van der Waals surface area contributed by atoms with Crippen LogP contribution in [0.25, 0.3) is 0 Å². The highest BCUT2D eigenvalue weighted by Gasteiger charge is 2.32. The van der Waals surface area contributed by atoms with Gasteiger partial charge in [-0.25, -0.2) is 0 Å². The summed E-state index contributed by atoms with van der Waals surface area (Å²) in [6.07, 6.45) is 36.0. The van der Waals surface area contributed by atoms with Gasteiger partial charge in [-0.05, 0) is 25.5 Å². The third-order valence-electron chi connectivity index (χ3n) is 7.88. The Morgan fingerprint density at radius 2 is 0.778 bits per heavy atom. The van der Waals surface area contributed by atoms with Gasteiger partial charge in [0.2, 0.25) is 0 Å². The number of carbonyl (C=O) groups is 1. The van der Waals surface area contributed by atoms with Gasteiger partial charge in [0.1, 0.15) is 4.75 Å². The second-order valence-electron chi connectivity index (χ2n) is 11.6. The summed E-state index contributed by atoms with van der Waals surface area (Å²) < 4.78 is -0.588. The van der Waals surface area contributed by atoms with Crippen molar-refractivity contribution < 1.29 is 9.90 Å². The fourth-order valence-corrected chi connectivity index (χ4v) is 6.35. The van der Waals surface area contributed by atoms with E-state index in [9.17, 15) is 9.90 Å². The van der Waals surface area contributed by atoms with Crippen LogP contribution in [0.1, 0.15) is 194 Å². The molecule has 0 radical (unpaired) electrons. The van der Waals surface area contributed by atoms with Gasteiger partial charge in [0.05, 0.1) is 0 Å². The molecule has 0 bridgehead atoms. The fraction of sp³-hybridized carbons (Fsp3) is 0.970. The van der Waals surface area contributed by atoms with Crippen LogP contribution < -0.4 is 0 Å². The van der Waals surface area contributed by atoms with Crippen LogP contribution in [0.5, 0.6) is 0 Å². The van der Waals surface area contributed by atoms with Gasteiger partial charge in [-0.2, -0.15) is 0 Å². The molecule has 3 heteroatoms. The van der Waals surface area contributed by atoms with Crippen molar-refractivity contribution in [3.8, 4) is 0 Å². The first-order valence-electron chi connectivity index (χ1n) is 16.4. The minimum absolute atomic E-state index is 0.588. The predicted octanol–water partition coefficient (Wildman–Crippen LogP) is 12.1. The molecule has 0 aromatic carbocycles. The Morgan fingerprint density at radius 1 is 0.500 bits per heavy atom. The molecule has 0 aromatic rings. The van der Waals surface area contributed by atoms with Crippen LogP contribution >= 0.6 is 11.8 Å². The van der Waals surface area contributed by atoms with Crippen molar-refractivity contribution in [1.29, 1.82) is 0 Å². The number of rotatable bonds is 30. The summed E-state index contributed by atoms with van der Waals surface area (Å²) >= 11 is 1.70. The molecule has 0 rings (SSSR count). The van der Waals surface area contributed by atoms with Crippen LogP contribution in [0, 0.1) is 0 Å². The number of hydrogen-bond donors (Lipinski definition) is 1. The molecular weight excluding hydrogens is 460 g/mol. The van der Waals surface area contributed by atoms with Gasteiger partial charge in [0.15, 0.2) is 0 Å². The Bertz CT molecular complexity index is 453. The van der Waals surface area contributed by atoms with Gasteiger partial charge in [-0.3, -0.25) is 4.79 Å². The zero-order valence-corrected chi connectivity index (χ0v) is 25.9. The maximum atomic E-state index is 11.9. The Balaban J connectivity index is 3.54. The molecule has 1 N–H and O–H groups in total. The van der Waals surface area contributed by atoms with E-state index in [0.29, 0.717) is 0 Å². The second-order valence-corrected chi connectivity index (χ2v) is 13.2. The maximum absolute atomic E-state index is 11.9. The average molecular weight is 527 g/mol. The summed E-state index contributed by atoms with van der Waals surface area (Å²) in [5, 5.41) is 9.80. The molecule has 216 valence electrons. The molecule has 0 heterocycles.